The lowest BCUT2D eigenvalue weighted by Crippen LogP contribution is -2.35. The summed E-state index contributed by atoms with van der Waals surface area (Å²) in [4.78, 5) is 45.7. The summed E-state index contributed by atoms with van der Waals surface area (Å²) in [5.41, 5.74) is -1.36. The van der Waals surface area contributed by atoms with E-state index >= 15 is 0 Å². The van der Waals surface area contributed by atoms with Gasteiger partial charge in [-0.25, -0.2) is 0 Å². The summed E-state index contributed by atoms with van der Waals surface area (Å²) >= 11 is 0. The van der Waals surface area contributed by atoms with Gasteiger partial charge in [0.05, 0.1) is 11.4 Å². The highest BCUT2D eigenvalue weighted by molar-refractivity contribution is 7.86. The van der Waals surface area contributed by atoms with Crippen LogP contribution in [0.25, 0.3) is 21.5 Å². The fourth-order valence-corrected chi connectivity index (χ4v) is 7.86. The van der Waals surface area contributed by atoms with Gasteiger partial charge in [0.25, 0.3) is 31.1 Å². The summed E-state index contributed by atoms with van der Waals surface area (Å²) in [7, 11) is -10.0. The molecule has 0 amide bonds. The van der Waals surface area contributed by atoms with Crippen LogP contribution in [0.15, 0.2) is 137 Å². The monoisotopic (exact) mass is 908 g/mol. The number of aryl methyl sites for hydroxylation is 2. The number of carboxylic acids is 2. The van der Waals surface area contributed by atoms with Crippen molar-refractivity contribution >= 4 is 99.2 Å². The maximum absolute atomic E-state index is 12.8. The van der Waals surface area contributed by atoms with Crippen molar-refractivity contribution in [3.8, 4) is 11.5 Å². The Labute approximate surface area is 360 Å². The Balaban J connectivity index is 1.14. The first kappa shape index (κ1) is 44.1. The van der Waals surface area contributed by atoms with Crippen LogP contribution < -0.4 is 21.5 Å². The number of aromatic hydroxyl groups is 2. The van der Waals surface area contributed by atoms with Gasteiger partial charge in [0.1, 0.15) is 32.5 Å². The minimum absolute atomic E-state index is 0.0545. The molecule has 0 fully saturated rings. The lowest BCUT2D eigenvalue weighted by Gasteiger charge is -2.16. The molecule has 0 heterocycles. The number of rotatable bonds is 16. The fourth-order valence-electron chi connectivity index (χ4n) is 6.54. The number of carbonyl (C=O) groups is 2. The summed E-state index contributed by atoms with van der Waals surface area (Å²) < 4.78 is 70.0. The van der Waals surface area contributed by atoms with Crippen molar-refractivity contribution < 1.29 is 56.0 Å². The minimum atomic E-state index is -5.01. The van der Waals surface area contributed by atoms with Crippen molar-refractivity contribution in [1.82, 2.24) is 0 Å². The maximum Gasteiger partial charge on any atom is 0.303 e. The van der Waals surface area contributed by atoms with Gasteiger partial charge in [0.2, 0.25) is 0 Å². The molecule has 64 heavy (non-hydrogen) atoms. The largest absolute Gasteiger partial charge is 0.505 e. The molecule has 0 bridgehead atoms. The Bertz CT molecular complexity index is 3180. The molecule has 0 aliphatic carbocycles. The van der Waals surface area contributed by atoms with Crippen molar-refractivity contribution in [2.24, 2.45) is 20.5 Å². The Morgan fingerprint density at radius 2 is 0.875 bits per heavy atom. The maximum atomic E-state index is 12.8. The van der Waals surface area contributed by atoms with Crippen LogP contribution in [0.4, 0.5) is 45.5 Å². The van der Waals surface area contributed by atoms with Crippen LogP contribution in [-0.2, 0) is 42.7 Å². The molecular weight excluding hydrogens is 877 g/mol. The van der Waals surface area contributed by atoms with E-state index in [0.717, 1.165) is 12.1 Å². The van der Waals surface area contributed by atoms with Crippen molar-refractivity contribution in [3.05, 3.63) is 129 Å². The van der Waals surface area contributed by atoms with Gasteiger partial charge in [-0.2, -0.15) is 27.1 Å². The van der Waals surface area contributed by atoms with E-state index in [-0.39, 0.29) is 81.4 Å². The number of phenolic OH excluding ortho intramolecular Hbond substituents is 2. The van der Waals surface area contributed by atoms with Crippen LogP contribution in [0.5, 0.6) is 11.5 Å². The molecule has 7 aromatic rings. The normalized spacial score (nSPS) is 12.2. The average molecular weight is 909 g/mol. The number of nitrogens with zero attached hydrogens (tertiary/aromatic N) is 4. The number of hydrogen-bond donors (Lipinski definition) is 8. The number of nitrogens with one attached hydrogen (secondary N) is 2. The standard InChI is InChI=1S/C42H32N6O14S2/c49-33(50)15-5-21-1-7-25(8-2-21)45-47-35-31(63(57,58)59)19-23-17-27(11-13-29(23)39(35)53)43-37-38(42(56)41(37)55)44-28-12-14-30-24(18-28)20-32(64(60,61)62)36(40(30)54)48-46-26-9-3-22(4-10-26)6-16-34(51)52/h1-4,7-14,17-20,43-44,53-54H,5-6,15-16H2,(H,49,50)(H,51,52)(H,57,58,59)(H,60,61,62). The Kier molecular flexibility index (Phi) is 12.0. The minimum Gasteiger partial charge on any atom is -0.505 e. The van der Waals surface area contributed by atoms with Crippen LogP contribution in [0.2, 0.25) is 0 Å². The van der Waals surface area contributed by atoms with E-state index in [2.05, 4.69) is 31.1 Å². The lowest BCUT2D eigenvalue weighted by atomic mass is 10.1. The van der Waals surface area contributed by atoms with Crippen LogP contribution in [0.1, 0.15) is 24.0 Å². The summed E-state index contributed by atoms with van der Waals surface area (Å²) in [6, 6.07) is 22.6. The van der Waals surface area contributed by atoms with Gasteiger partial charge < -0.3 is 31.1 Å². The third-order valence-corrected chi connectivity index (χ3v) is 11.5. The van der Waals surface area contributed by atoms with E-state index in [4.69, 9.17) is 10.2 Å². The van der Waals surface area contributed by atoms with Crippen LogP contribution in [0.3, 0.4) is 0 Å². The van der Waals surface area contributed by atoms with E-state index in [9.17, 15) is 55.3 Å². The van der Waals surface area contributed by atoms with Crippen LogP contribution in [-0.4, -0.2) is 58.3 Å². The first-order chi connectivity index (χ1) is 30.3. The molecule has 0 radical (unpaired) electrons. The number of azo groups is 2. The summed E-state index contributed by atoms with van der Waals surface area (Å²) in [5.74, 6) is -3.26. The number of benzene rings is 6. The molecule has 0 unspecified atom stereocenters. The fraction of sp³-hybridized carbons (Fsp3) is 0.0952. The zero-order valence-electron chi connectivity index (χ0n) is 32.6. The molecule has 20 nitrogen and oxygen atoms in total. The van der Waals surface area contributed by atoms with Gasteiger partial charge in [-0.3, -0.25) is 28.3 Å². The van der Waals surface area contributed by atoms with Crippen molar-refractivity contribution in [3.63, 3.8) is 0 Å². The second-order valence-electron chi connectivity index (χ2n) is 14.1. The molecule has 22 heteroatoms. The predicted octanol–water partition coefficient (Wildman–Crippen LogP) is 7.85. The summed E-state index contributed by atoms with van der Waals surface area (Å²) in [6.45, 7) is 0. The van der Waals surface area contributed by atoms with Gasteiger partial charge in [-0.1, -0.05) is 24.3 Å². The molecule has 7 rings (SSSR count). The number of carboxylic acid groups (broad SMARTS) is 2. The third-order valence-electron chi connectivity index (χ3n) is 9.77. The lowest BCUT2D eigenvalue weighted by molar-refractivity contribution is -0.138. The summed E-state index contributed by atoms with van der Waals surface area (Å²) in [6.07, 6.45) is 0.340. The molecule has 0 spiro atoms. The van der Waals surface area contributed by atoms with Crippen LogP contribution in [0, 0.1) is 0 Å². The molecule has 8 N–H and O–H groups in total. The molecule has 0 atom stereocenters. The second-order valence-corrected chi connectivity index (χ2v) is 16.9. The molecule has 0 aromatic heterocycles. The highest BCUT2D eigenvalue weighted by Crippen LogP contribution is 2.44. The van der Waals surface area contributed by atoms with E-state index in [1.807, 2.05) is 0 Å². The smallest absolute Gasteiger partial charge is 0.303 e. The molecule has 0 saturated heterocycles. The quantitative estimate of drug-likeness (QED) is 0.0260. The third kappa shape index (κ3) is 9.59. The number of hydrogen-bond acceptors (Lipinski definition) is 16. The molecular formula is C42H32N6O14S2. The second kappa shape index (κ2) is 17.5. The van der Waals surface area contributed by atoms with Gasteiger partial charge in [-0.05, 0) is 108 Å². The highest BCUT2D eigenvalue weighted by atomic mass is 32.2. The van der Waals surface area contributed by atoms with Crippen LogP contribution >= 0.6 is 0 Å². The zero-order chi connectivity index (χ0) is 46.1. The number of fused-ring (bicyclic) bond motifs is 2. The Morgan fingerprint density at radius 3 is 1.20 bits per heavy atom. The first-order valence-electron chi connectivity index (χ1n) is 18.6. The van der Waals surface area contributed by atoms with E-state index in [1.54, 1.807) is 24.3 Å². The molecule has 0 saturated carbocycles. The zero-order valence-corrected chi connectivity index (χ0v) is 34.3. The van der Waals surface area contributed by atoms with Crippen molar-refractivity contribution in [2.45, 2.75) is 35.5 Å². The Morgan fingerprint density at radius 1 is 0.516 bits per heavy atom. The first-order valence-corrected chi connectivity index (χ1v) is 21.5. The number of anilines is 4. The van der Waals surface area contributed by atoms with Gasteiger partial charge >= 0.3 is 11.9 Å². The van der Waals surface area contributed by atoms with E-state index in [1.165, 1.54) is 60.7 Å². The van der Waals surface area contributed by atoms with Crippen molar-refractivity contribution in [2.75, 3.05) is 10.6 Å². The Hall–Kier alpha value is -7.92. The van der Waals surface area contributed by atoms with Gasteiger partial charge in [-0.15, -0.1) is 10.2 Å². The topological polar surface area (TPSA) is 331 Å². The van der Waals surface area contributed by atoms with E-state index in [0.29, 0.717) is 11.1 Å². The number of aliphatic carboxylic acids is 2. The SMILES string of the molecule is O=C(O)CCc1ccc(N=Nc2c(S(=O)(=O)O)cc3cc(Nc4c(Nc5ccc6c(O)c(N=Nc7ccc(CCC(=O)O)cc7)c(S(=O)(=O)O)cc6c5)c(=O)c4=O)ccc3c2O)cc1. The van der Waals surface area contributed by atoms with Crippen molar-refractivity contribution in [1.29, 1.82) is 0 Å². The summed E-state index contributed by atoms with van der Waals surface area (Å²) in [5, 5.41) is 61.5. The molecule has 7 aromatic carbocycles. The van der Waals surface area contributed by atoms with Gasteiger partial charge in [0.15, 0.2) is 11.5 Å². The predicted molar refractivity (Wildman–Crippen MR) is 232 cm³/mol. The molecule has 326 valence electrons. The molecule has 0 aliphatic rings. The average Bonchev–Trinajstić information content (AvgIpc) is 3.25. The van der Waals surface area contributed by atoms with Gasteiger partial charge in [0, 0.05) is 35.0 Å². The van der Waals surface area contributed by atoms with E-state index < -0.39 is 75.7 Å². The highest BCUT2D eigenvalue weighted by Gasteiger charge is 2.26. The number of phenols is 2. The molecule has 0 aliphatic heterocycles.